The van der Waals surface area contributed by atoms with E-state index in [1.54, 1.807) is 0 Å². The molecule has 76 valence electrons. The molecule has 1 aromatic heterocycles. The van der Waals surface area contributed by atoms with Gasteiger partial charge in [-0.15, -0.1) is 0 Å². The fourth-order valence-corrected chi connectivity index (χ4v) is 0.846. The lowest BCUT2D eigenvalue weighted by Gasteiger charge is -1.95. The van der Waals surface area contributed by atoms with Gasteiger partial charge in [0.1, 0.15) is 0 Å². The molecule has 0 spiro atoms. The second-order valence-corrected chi connectivity index (χ2v) is 2.45. The molecule has 0 aliphatic heterocycles. The predicted molar refractivity (Wildman–Crippen MR) is 50.1 cm³/mol. The number of aromatic nitrogens is 1. The minimum atomic E-state index is -1.19. The van der Waals surface area contributed by atoms with Gasteiger partial charge >= 0.3 is 11.9 Å². The van der Waals surface area contributed by atoms with Crippen LogP contribution >= 0.6 is 0 Å². The average molecular weight is 205 g/mol. The van der Waals surface area contributed by atoms with Crippen molar-refractivity contribution in [3.8, 4) is 11.8 Å². The Morgan fingerprint density at radius 3 is 2.87 bits per heavy atom. The lowest BCUT2D eigenvalue weighted by Crippen LogP contribution is -2.03. The standard InChI is InChI=1S/C10H7NO4/c1-15-8(12)5-4-7-3-2-6-11-9(7)10(13)14/h2-3,6H,1H3,(H,13,14). The molecule has 0 atom stereocenters. The van der Waals surface area contributed by atoms with Crippen LogP contribution in [0.3, 0.4) is 0 Å². The number of carbonyl (C=O) groups excluding carboxylic acids is 1. The number of esters is 1. The molecule has 0 unspecified atom stereocenters. The second kappa shape index (κ2) is 4.77. The number of pyridine rings is 1. The number of rotatable bonds is 1. The summed E-state index contributed by atoms with van der Waals surface area (Å²) in [6.07, 6.45) is 1.34. The maximum atomic E-state index is 10.7. The molecule has 1 rings (SSSR count). The predicted octanol–water partition coefficient (Wildman–Crippen LogP) is 0.304. The van der Waals surface area contributed by atoms with Crippen LogP contribution in [0.25, 0.3) is 0 Å². The molecule has 0 fully saturated rings. The van der Waals surface area contributed by atoms with Gasteiger partial charge in [-0.3, -0.25) is 0 Å². The lowest BCUT2D eigenvalue weighted by atomic mass is 10.2. The fourth-order valence-electron chi connectivity index (χ4n) is 0.846. The highest BCUT2D eigenvalue weighted by Crippen LogP contribution is 2.02. The molecule has 0 amide bonds. The van der Waals surface area contributed by atoms with E-state index in [1.165, 1.54) is 25.4 Å². The zero-order chi connectivity index (χ0) is 11.3. The zero-order valence-electron chi connectivity index (χ0n) is 7.85. The molecule has 0 aliphatic carbocycles. The third-order valence-corrected chi connectivity index (χ3v) is 1.49. The van der Waals surface area contributed by atoms with Crippen LogP contribution in [-0.2, 0) is 9.53 Å². The Kier molecular flexibility index (Phi) is 3.41. The van der Waals surface area contributed by atoms with E-state index in [4.69, 9.17) is 5.11 Å². The number of methoxy groups -OCH3 is 1. The van der Waals surface area contributed by atoms with E-state index < -0.39 is 11.9 Å². The van der Waals surface area contributed by atoms with Crippen molar-refractivity contribution in [1.82, 2.24) is 4.98 Å². The van der Waals surface area contributed by atoms with Gasteiger partial charge in [-0.1, -0.05) is 5.92 Å². The van der Waals surface area contributed by atoms with E-state index in [-0.39, 0.29) is 11.3 Å². The molecule has 0 saturated heterocycles. The lowest BCUT2D eigenvalue weighted by molar-refractivity contribution is -0.133. The first-order valence-electron chi connectivity index (χ1n) is 3.93. The first-order chi connectivity index (χ1) is 7.15. The number of carboxylic acids is 1. The highest BCUT2D eigenvalue weighted by molar-refractivity contribution is 5.92. The van der Waals surface area contributed by atoms with Gasteiger partial charge in [-0.25, -0.2) is 14.6 Å². The molecular formula is C10H7NO4. The molecule has 5 heteroatoms. The van der Waals surface area contributed by atoms with Gasteiger partial charge in [0.2, 0.25) is 0 Å². The van der Waals surface area contributed by atoms with Crippen molar-refractivity contribution in [2.45, 2.75) is 0 Å². The Labute approximate surface area is 85.7 Å². The summed E-state index contributed by atoms with van der Waals surface area (Å²) in [7, 11) is 1.19. The maximum absolute atomic E-state index is 10.7. The third kappa shape index (κ3) is 2.81. The quantitative estimate of drug-likeness (QED) is 0.527. The monoisotopic (exact) mass is 205 g/mol. The molecule has 1 heterocycles. The maximum Gasteiger partial charge on any atom is 0.384 e. The Morgan fingerprint density at radius 1 is 1.53 bits per heavy atom. The Bertz CT molecular complexity index is 456. The molecule has 1 N–H and O–H groups in total. The Hall–Kier alpha value is -2.35. The number of nitrogens with zero attached hydrogens (tertiary/aromatic N) is 1. The topological polar surface area (TPSA) is 76.5 Å². The number of carboxylic acid groups (broad SMARTS) is 1. The number of ether oxygens (including phenoxy) is 1. The molecular weight excluding hydrogens is 198 g/mol. The van der Waals surface area contributed by atoms with Crippen molar-refractivity contribution in [3.05, 3.63) is 29.6 Å². The molecule has 0 bridgehead atoms. The van der Waals surface area contributed by atoms with Crippen LogP contribution < -0.4 is 0 Å². The number of hydrogen-bond donors (Lipinski definition) is 1. The van der Waals surface area contributed by atoms with Crippen LogP contribution in [0.5, 0.6) is 0 Å². The van der Waals surface area contributed by atoms with E-state index >= 15 is 0 Å². The molecule has 0 radical (unpaired) electrons. The van der Waals surface area contributed by atoms with E-state index in [2.05, 4.69) is 21.6 Å². The van der Waals surface area contributed by atoms with Gasteiger partial charge in [-0.2, -0.15) is 0 Å². The summed E-state index contributed by atoms with van der Waals surface area (Å²) in [5.41, 5.74) is -0.00990. The number of hydrogen-bond acceptors (Lipinski definition) is 4. The summed E-state index contributed by atoms with van der Waals surface area (Å²) < 4.78 is 4.29. The highest BCUT2D eigenvalue weighted by Gasteiger charge is 2.08. The van der Waals surface area contributed by atoms with Gasteiger partial charge < -0.3 is 9.84 Å². The normalized spacial score (nSPS) is 8.60. The Morgan fingerprint density at radius 2 is 2.27 bits per heavy atom. The minimum Gasteiger partial charge on any atom is -0.476 e. The van der Waals surface area contributed by atoms with Crippen molar-refractivity contribution < 1.29 is 19.4 Å². The van der Waals surface area contributed by atoms with E-state index in [1.807, 2.05) is 0 Å². The van der Waals surface area contributed by atoms with Crippen molar-refractivity contribution in [1.29, 1.82) is 0 Å². The zero-order valence-corrected chi connectivity index (χ0v) is 7.85. The van der Waals surface area contributed by atoms with Gasteiger partial charge in [0.25, 0.3) is 0 Å². The van der Waals surface area contributed by atoms with Crippen molar-refractivity contribution in [2.24, 2.45) is 0 Å². The van der Waals surface area contributed by atoms with E-state index in [9.17, 15) is 9.59 Å². The van der Waals surface area contributed by atoms with Crippen molar-refractivity contribution >= 4 is 11.9 Å². The SMILES string of the molecule is COC(=O)C#Cc1cccnc1C(=O)O. The first kappa shape index (κ1) is 10.7. The third-order valence-electron chi connectivity index (χ3n) is 1.49. The van der Waals surface area contributed by atoms with Crippen LogP contribution in [-0.4, -0.2) is 29.1 Å². The van der Waals surface area contributed by atoms with Crippen LogP contribution in [0.15, 0.2) is 18.3 Å². The van der Waals surface area contributed by atoms with Gasteiger partial charge in [0.05, 0.1) is 12.7 Å². The second-order valence-electron chi connectivity index (χ2n) is 2.45. The van der Waals surface area contributed by atoms with Gasteiger partial charge in [0.15, 0.2) is 5.69 Å². The molecule has 5 nitrogen and oxygen atoms in total. The summed E-state index contributed by atoms with van der Waals surface area (Å²) in [6, 6.07) is 3.00. The van der Waals surface area contributed by atoms with Crippen LogP contribution in [0.4, 0.5) is 0 Å². The van der Waals surface area contributed by atoms with E-state index in [0.29, 0.717) is 0 Å². The van der Waals surface area contributed by atoms with Crippen molar-refractivity contribution in [2.75, 3.05) is 7.11 Å². The largest absolute Gasteiger partial charge is 0.476 e. The summed E-state index contributed by atoms with van der Waals surface area (Å²) >= 11 is 0. The summed E-state index contributed by atoms with van der Waals surface area (Å²) in [4.78, 5) is 25.0. The minimum absolute atomic E-state index is 0.176. The van der Waals surface area contributed by atoms with Crippen molar-refractivity contribution in [3.63, 3.8) is 0 Å². The summed E-state index contributed by atoms with van der Waals surface area (Å²) in [6.45, 7) is 0. The van der Waals surface area contributed by atoms with Crippen LogP contribution in [0.1, 0.15) is 16.1 Å². The van der Waals surface area contributed by atoms with Gasteiger partial charge in [-0.05, 0) is 12.1 Å². The number of carbonyl (C=O) groups is 2. The smallest absolute Gasteiger partial charge is 0.384 e. The Balaban J connectivity index is 3.08. The van der Waals surface area contributed by atoms with Crippen LogP contribution in [0, 0.1) is 11.8 Å². The van der Waals surface area contributed by atoms with Gasteiger partial charge in [0, 0.05) is 12.1 Å². The molecule has 15 heavy (non-hydrogen) atoms. The highest BCUT2D eigenvalue weighted by atomic mass is 16.5. The molecule has 0 saturated carbocycles. The molecule has 0 aromatic carbocycles. The molecule has 0 aliphatic rings. The van der Waals surface area contributed by atoms with E-state index in [0.717, 1.165) is 0 Å². The average Bonchev–Trinajstić information content (AvgIpc) is 2.26. The summed E-state index contributed by atoms with van der Waals surface area (Å²) in [5.74, 6) is 2.59. The first-order valence-corrected chi connectivity index (χ1v) is 3.93. The molecule has 1 aromatic rings. The van der Waals surface area contributed by atoms with Crippen LogP contribution in [0.2, 0.25) is 0 Å². The fraction of sp³-hybridized carbons (Fsp3) is 0.100. The summed E-state index contributed by atoms with van der Waals surface area (Å²) in [5, 5.41) is 8.74. The number of aromatic carboxylic acids is 1.